The van der Waals surface area contributed by atoms with Crippen molar-refractivity contribution in [2.75, 3.05) is 7.11 Å². The zero-order valence-electron chi connectivity index (χ0n) is 9.40. The number of methoxy groups -OCH3 is 1. The number of Topliss-reactive ketones (excluding diaryl/α,β-unsaturated/α-hetero) is 1. The Morgan fingerprint density at radius 2 is 1.88 bits per heavy atom. The molecular formula is C12H15NO3. The summed E-state index contributed by atoms with van der Waals surface area (Å²) in [6.07, 6.45) is 0.135. The van der Waals surface area contributed by atoms with Crippen molar-refractivity contribution in [1.82, 2.24) is 0 Å². The standard InChI is InChI=1S/C12H15NO3/c1-8(14)9-3-5-10(6-4-9)11(13)7-12(15)16-2/h3-6,11H,7,13H2,1-2H3. The van der Waals surface area contributed by atoms with Gasteiger partial charge in [-0.1, -0.05) is 24.3 Å². The van der Waals surface area contributed by atoms with Crippen LogP contribution in [-0.4, -0.2) is 18.9 Å². The van der Waals surface area contributed by atoms with Crippen LogP contribution < -0.4 is 5.73 Å². The number of carbonyl (C=O) groups is 2. The summed E-state index contributed by atoms with van der Waals surface area (Å²) in [5, 5.41) is 0. The molecule has 0 heterocycles. The molecule has 16 heavy (non-hydrogen) atoms. The first-order valence-corrected chi connectivity index (χ1v) is 4.98. The molecule has 2 N–H and O–H groups in total. The molecule has 4 heteroatoms. The summed E-state index contributed by atoms with van der Waals surface area (Å²) < 4.78 is 4.53. The third kappa shape index (κ3) is 3.17. The molecule has 0 aliphatic rings. The molecule has 1 rings (SSSR count). The average molecular weight is 221 g/mol. The van der Waals surface area contributed by atoms with Crippen LogP contribution in [0, 0.1) is 0 Å². The number of nitrogens with two attached hydrogens (primary N) is 1. The molecule has 1 atom stereocenters. The quantitative estimate of drug-likeness (QED) is 0.617. The van der Waals surface area contributed by atoms with E-state index in [0.29, 0.717) is 5.56 Å². The summed E-state index contributed by atoms with van der Waals surface area (Å²) in [5.41, 5.74) is 7.26. The van der Waals surface area contributed by atoms with Gasteiger partial charge in [0, 0.05) is 11.6 Å². The summed E-state index contributed by atoms with van der Waals surface area (Å²) in [7, 11) is 1.33. The Kier molecular flexibility index (Phi) is 4.19. The normalized spacial score (nSPS) is 11.9. The molecule has 0 aromatic heterocycles. The molecule has 0 spiro atoms. The molecule has 86 valence electrons. The number of hydrogen-bond donors (Lipinski definition) is 1. The molecule has 0 amide bonds. The van der Waals surface area contributed by atoms with Crippen LogP contribution in [0.5, 0.6) is 0 Å². The van der Waals surface area contributed by atoms with E-state index in [2.05, 4.69) is 4.74 Å². The number of esters is 1. The molecule has 0 aliphatic heterocycles. The highest BCUT2D eigenvalue weighted by Crippen LogP contribution is 2.15. The summed E-state index contributed by atoms with van der Waals surface area (Å²) in [5.74, 6) is -0.337. The van der Waals surface area contributed by atoms with Gasteiger partial charge in [0.2, 0.25) is 0 Å². The van der Waals surface area contributed by atoms with E-state index < -0.39 is 6.04 Å². The monoisotopic (exact) mass is 221 g/mol. The van der Waals surface area contributed by atoms with E-state index in [4.69, 9.17) is 5.73 Å². The van der Waals surface area contributed by atoms with Gasteiger partial charge in [-0.15, -0.1) is 0 Å². The van der Waals surface area contributed by atoms with Crippen molar-refractivity contribution in [3.63, 3.8) is 0 Å². The fourth-order valence-corrected chi connectivity index (χ4v) is 1.35. The number of ketones is 1. The van der Waals surface area contributed by atoms with Crippen molar-refractivity contribution in [2.24, 2.45) is 5.73 Å². The van der Waals surface area contributed by atoms with Gasteiger partial charge in [0.25, 0.3) is 0 Å². The van der Waals surface area contributed by atoms with Crippen molar-refractivity contribution in [3.8, 4) is 0 Å². The Balaban J connectivity index is 2.73. The topological polar surface area (TPSA) is 69.4 Å². The fraction of sp³-hybridized carbons (Fsp3) is 0.333. The van der Waals surface area contributed by atoms with Crippen molar-refractivity contribution in [1.29, 1.82) is 0 Å². The molecule has 0 bridgehead atoms. The highest BCUT2D eigenvalue weighted by molar-refractivity contribution is 5.94. The largest absolute Gasteiger partial charge is 0.469 e. The minimum Gasteiger partial charge on any atom is -0.469 e. The van der Waals surface area contributed by atoms with Crippen molar-refractivity contribution in [2.45, 2.75) is 19.4 Å². The third-order valence-electron chi connectivity index (χ3n) is 2.36. The van der Waals surface area contributed by atoms with Crippen LogP contribution in [0.1, 0.15) is 35.3 Å². The molecule has 1 aromatic carbocycles. The fourth-order valence-electron chi connectivity index (χ4n) is 1.35. The lowest BCUT2D eigenvalue weighted by molar-refractivity contribution is -0.141. The maximum Gasteiger partial charge on any atom is 0.307 e. The van der Waals surface area contributed by atoms with Gasteiger partial charge in [0.05, 0.1) is 13.5 Å². The maximum atomic E-state index is 11.0. The number of carbonyl (C=O) groups excluding carboxylic acids is 2. The second kappa shape index (κ2) is 5.42. The van der Waals surface area contributed by atoms with E-state index in [0.717, 1.165) is 5.56 Å². The minimum absolute atomic E-state index is 0.00749. The predicted molar refractivity (Wildman–Crippen MR) is 60.0 cm³/mol. The lowest BCUT2D eigenvalue weighted by Gasteiger charge is -2.10. The Morgan fingerprint density at radius 3 is 2.31 bits per heavy atom. The predicted octanol–water partition coefficient (Wildman–Crippen LogP) is 1.45. The minimum atomic E-state index is -0.395. The zero-order valence-corrected chi connectivity index (χ0v) is 9.40. The Morgan fingerprint density at radius 1 is 1.31 bits per heavy atom. The Hall–Kier alpha value is -1.68. The van der Waals surface area contributed by atoms with Gasteiger partial charge in [-0.05, 0) is 12.5 Å². The number of benzene rings is 1. The summed E-state index contributed by atoms with van der Waals surface area (Å²) >= 11 is 0. The number of ether oxygens (including phenoxy) is 1. The lowest BCUT2D eigenvalue weighted by atomic mass is 10.0. The van der Waals surface area contributed by atoms with Crippen molar-refractivity contribution >= 4 is 11.8 Å². The van der Waals surface area contributed by atoms with Crippen LogP contribution in [0.15, 0.2) is 24.3 Å². The third-order valence-corrected chi connectivity index (χ3v) is 2.36. The van der Waals surface area contributed by atoms with E-state index in [1.807, 2.05) is 0 Å². The van der Waals surface area contributed by atoms with Gasteiger partial charge in [-0.3, -0.25) is 9.59 Å². The highest BCUT2D eigenvalue weighted by Gasteiger charge is 2.11. The smallest absolute Gasteiger partial charge is 0.307 e. The SMILES string of the molecule is COC(=O)CC(N)c1ccc(C(C)=O)cc1. The molecule has 1 unspecified atom stereocenters. The van der Waals surface area contributed by atoms with Crippen LogP contribution >= 0.6 is 0 Å². The first kappa shape index (κ1) is 12.4. The Labute approximate surface area is 94.4 Å². The molecular weight excluding hydrogens is 206 g/mol. The molecule has 0 saturated carbocycles. The van der Waals surface area contributed by atoms with Gasteiger partial charge < -0.3 is 10.5 Å². The first-order valence-electron chi connectivity index (χ1n) is 4.98. The van der Waals surface area contributed by atoms with Crippen LogP contribution in [0.2, 0.25) is 0 Å². The molecule has 0 fully saturated rings. The van der Waals surface area contributed by atoms with Gasteiger partial charge in [0.1, 0.15) is 0 Å². The molecule has 0 radical (unpaired) electrons. The second-order valence-corrected chi connectivity index (χ2v) is 3.56. The van der Waals surface area contributed by atoms with E-state index >= 15 is 0 Å². The maximum absolute atomic E-state index is 11.0. The summed E-state index contributed by atoms with van der Waals surface area (Å²) in [6.45, 7) is 1.50. The molecule has 1 aromatic rings. The zero-order chi connectivity index (χ0) is 12.1. The van der Waals surface area contributed by atoms with Crippen LogP contribution in [0.25, 0.3) is 0 Å². The molecule has 0 aliphatic carbocycles. The van der Waals surface area contributed by atoms with Crippen molar-refractivity contribution in [3.05, 3.63) is 35.4 Å². The highest BCUT2D eigenvalue weighted by atomic mass is 16.5. The lowest BCUT2D eigenvalue weighted by Crippen LogP contribution is -2.16. The van der Waals surface area contributed by atoms with E-state index in [-0.39, 0.29) is 18.2 Å². The van der Waals surface area contributed by atoms with Gasteiger partial charge >= 0.3 is 5.97 Å². The number of rotatable bonds is 4. The van der Waals surface area contributed by atoms with Gasteiger partial charge in [0.15, 0.2) is 5.78 Å². The van der Waals surface area contributed by atoms with E-state index in [1.54, 1.807) is 24.3 Å². The van der Waals surface area contributed by atoms with Crippen LogP contribution in [0.4, 0.5) is 0 Å². The van der Waals surface area contributed by atoms with Crippen LogP contribution in [-0.2, 0) is 9.53 Å². The Bertz CT molecular complexity index is 384. The average Bonchev–Trinajstić information content (AvgIpc) is 2.28. The van der Waals surface area contributed by atoms with Crippen molar-refractivity contribution < 1.29 is 14.3 Å². The summed E-state index contributed by atoms with van der Waals surface area (Å²) in [6, 6.07) is 6.52. The molecule has 4 nitrogen and oxygen atoms in total. The van der Waals surface area contributed by atoms with E-state index in [9.17, 15) is 9.59 Å². The molecule has 0 saturated heterocycles. The second-order valence-electron chi connectivity index (χ2n) is 3.56. The summed E-state index contributed by atoms with van der Waals surface area (Å²) in [4.78, 5) is 22.1. The number of hydrogen-bond acceptors (Lipinski definition) is 4. The first-order chi connectivity index (χ1) is 7.54. The van der Waals surface area contributed by atoms with Crippen LogP contribution in [0.3, 0.4) is 0 Å². The van der Waals surface area contributed by atoms with Gasteiger partial charge in [-0.25, -0.2) is 0 Å². The van der Waals surface area contributed by atoms with E-state index in [1.165, 1.54) is 14.0 Å². The van der Waals surface area contributed by atoms with Gasteiger partial charge in [-0.2, -0.15) is 0 Å².